The lowest BCUT2D eigenvalue weighted by molar-refractivity contribution is -0.120. The molecule has 5 heteroatoms. The van der Waals surface area contributed by atoms with Crippen molar-refractivity contribution in [2.24, 2.45) is 5.92 Å². The van der Waals surface area contributed by atoms with Crippen LogP contribution in [0.4, 0.5) is 5.69 Å². The number of hydrogen-bond acceptors (Lipinski definition) is 4. The van der Waals surface area contributed by atoms with Crippen LogP contribution >= 0.6 is 0 Å². The number of aromatic nitrogens is 1. The zero-order valence-electron chi connectivity index (χ0n) is 14.3. The molecule has 0 atom stereocenters. The van der Waals surface area contributed by atoms with Gasteiger partial charge in [0.2, 0.25) is 5.91 Å². The Balaban J connectivity index is 1.59. The van der Waals surface area contributed by atoms with Gasteiger partial charge < -0.3 is 10.1 Å². The first-order valence-corrected chi connectivity index (χ1v) is 8.67. The molecule has 1 heterocycles. The first-order chi connectivity index (χ1) is 12.1. The van der Waals surface area contributed by atoms with Crippen molar-refractivity contribution in [3.63, 3.8) is 0 Å². The van der Waals surface area contributed by atoms with Crippen LogP contribution in [-0.4, -0.2) is 16.9 Å². The van der Waals surface area contributed by atoms with E-state index in [1.165, 1.54) is 12.6 Å². The second-order valence-corrected chi connectivity index (χ2v) is 6.43. The Morgan fingerprint density at radius 3 is 2.48 bits per heavy atom. The smallest absolute Gasteiger partial charge is 0.345 e. The summed E-state index contributed by atoms with van der Waals surface area (Å²) in [6.45, 7) is 1.84. The molecule has 0 radical (unpaired) electrons. The highest BCUT2D eigenvalue weighted by Gasteiger charge is 2.21. The Hall–Kier alpha value is -2.69. The summed E-state index contributed by atoms with van der Waals surface area (Å²) in [7, 11) is 0. The fraction of sp³-hybridized carbons (Fsp3) is 0.350. The number of carbonyl (C=O) groups is 2. The van der Waals surface area contributed by atoms with E-state index in [4.69, 9.17) is 4.74 Å². The van der Waals surface area contributed by atoms with Crippen LogP contribution in [0.2, 0.25) is 0 Å². The minimum absolute atomic E-state index is 0.0791. The normalized spacial score (nSPS) is 14.8. The number of pyridine rings is 1. The van der Waals surface area contributed by atoms with Gasteiger partial charge in [0.05, 0.1) is 5.56 Å². The maximum absolute atomic E-state index is 12.2. The first-order valence-electron chi connectivity index (χ1n) is 8.67. The maximum Gasteiger partial charge on any atom is 0.345 e. The molecular weight excluding hydrogens is 316 g/mol. The van der Waals surface area contributed by atoms with Crippen molar-refractivity contribution in [2.75, 3.05) is 5.32 Å². The van der Waals surface area contributed by atoms with Crippen LogP contribution in [-0.2, 0) is 4.79 Å². The SMILES string of the molecule is Cc1ccncc1C(=O)Oc1ccc(NC(=O)C2CCCCC2)cc1. The second-order valence-electron chi connectivity index (χ2n) is 6.43. The van der Waals surface area contributed by atoms with Gasteiger partial charge in [-0.25, -0.2) is 4.79 Å². The molecule has 1 N–H and O–H groups in total. The lowest BCUT2D eigenvalue weighted by atomic mass is 9.88. The number of aryl methyl sites for hydroxylation is 1. The van der Waals surface area contributed by atoms with Gasteiger partial charge in [0, 0.05) is 24.0 Å². The summed E-state index contributed by atoms with van der Waals surface area (Å²) in [6.07, 6.45) is 8.53. The van der Waals surface area contributed by atoms with Crippen molar-refractivity contribution in [1.29, 1.82) is 0 Å². The van der Waals surface area contributed by atoms with Gasteiger partial charge in [0.25, 0.3) is 0 Å². The van der Waals surface area contributed by atoms with E-state index in [1.54, 1.807) is 36.5 Å². The van der Waals surface area contributed by atoms with Gasteiger partial charge in [0.1, 0.15) is 5.75 Å². The molecule has 1 aliphatic rings. The monoisotopic (exact) mass is 338 g/mol. The van der Waals surface area contributed by atoms with Crippen LogP contribution in [0.15, 0.2) is 42.7 Å². The van der Waals surface area contributed by atoms with E-state index in [9.17, 15) is 9.59 Å². The van der Waals surface area contributed by atoms with Crippen molar-refractivity contribution >= 4 is 17.6 Å². The van der Waals surface area contributed by atoms with Crippen LogP contribution in [0, 0.1) is 12.8 Å². The average molecular weight is 338 g/mol. The minimum atomic E-state index is -0.440. The molecule has 1 aliphatic carbocycles. The largest absolute Gasteiger partial charge is 0.423 e. The van der Waals surface area contributed by atoms with E-state index in [-0.39, 0.29) is 11.8 Å². The fourth-order valence-corrected chi connectivity index (χ4v) is 3.06. The summed E-state index contributed by atoms with van der Waals surface area (Å²) < 4.78 is 5.37. The van der Waals surface area contributed by atoms with E-state index < -0.39 is 5.97 Å². The lowest BCUT2D eigenvalue weighted by Crippen LogP contribution is -2.24. The number of rotatable bonds is 4. The van der Waals surface area contributed by atoms with Gasteiger partial charge in [-0.15, -0.1) is 0 Å². The molecule has 1 aromatic heterocycles. The fourth-order valence-electron chi connectivity index (χ4n) is 3.06. The molecule has 3 rings (SSSR count). The number of carbonyl (C=O) groups excluding carboxylic acids is 2. The number of amides is 1. The number of esters is 1. The third-order valence-corrected chi connectivity index (χ3v) is 4.57. The predicted octanol–water partition coefficient (Wildman–Crippen LogP) is 4.13. The number of nitrogens with zero attached hydrogens (tertiary/aromatic N) is 1. The molecular formula is C20H22N2O3. The molecule has 1 amide bonds. The third-order valence-electron chi connectivity index (χ3n) is 4.57. The van der Waals surface area contributed by atoms with E-state index in [1.807, 2.05) is 6.92 Å². The van der Waals surface area contributed by atoms with Crippen molar-refractivity contribution in [2.45, 2.75) is 39.0 Å². The van der Waals surface area contributed by atoms with Crippen molar-refractivity contribution in [3.8, 4) is 5.75 Å². The Morgan fingerprint density at radius 2 is 1.80 bits per heavy atom. The van der Waals surface area contributed by atoms with E-state index in [0.29, 0.717) is 17.0 Å². The number of nitrogens with one attached hydrogen (secondary N) is 1. The standard InChI is InChI=1S/C20H22N2O3/c1-14-11-12-21-13-18(14)20(24)25-17-9-7-16(8-10-17)22-19(23)15-5-3-2-4-6-15/h7-13,15H,2-6H2,1H3,(H,22,23). The summed E-state index contributed by atoms with van der Waals surface area (Å²) in [5, 5.41) is 2.94. The topological polar surface area (TPSA) is 68.3 Å². The van der Waals surface area contributed by atoms with E-state index in [2.05, 4.69) is 10.3 Å². The molecule has 5 nitrogen and oxygen atoms in total. The van der Waals surface area contributed by atoms with Gasteiger partial charge in [0.15, 0.2) is 0 Å². The van der Waals surface area contributed by atoms with Crippen molar-refractivity contribution in [3.05, 3.63) is 53.9 Å². The average Bonchev–Trinajstić information content (AvgIpc) is 2.64. The molecule has 1 fully saturated rings. The van der Waals surface area contributed by atoms with Crippen molar-refractivity contribution in [1.82, 2.24) is 4.98 Å². The first kappa shape index (κ1) is 17.1. The summed E-state index contributed by atoms with van der Waals surface area (Å²) >= 11 is 0. The third kappa shape index (κ3) is 4.44. The summed E-state index contributed by atoms with van der Waals surface area (Å²) in [6, 6.07) is 8.62. The van der Waals surface area contributed by atoms with Gasteiger partial charge in [-0.05, 0) is 55.7 Å². The molecule has 0 unspecified atom stereocenters. The van der Waals surface area contributed by atoms with Crippen LogP contribution in [0.5, 0.6) is 5.75 Å². The minimum Gasteiger partial charge on any atom is -0.423 e. The van der Waals surface area contributed by atoms with Crippen LogP contribution in [0.3, 0.4) is 0 Å². The molecule has 130 valence electrons. The van der Waals surface area contributed by atoms with Crippen LogP contribution in [0.1, 0.15) is 48.0 Å². The quantitative estimate of drug-likeness (QED) is 0.672. The Kier molecular flexibility index (Phi) is 5.43. The molecule has 1 saturated carbocycles. The number of ether oxygens (including phenoxy) is 1. The van der Waals surface area contributed by atoms with Gasteiger partial charge in [-0.1, -0.05) is 19.3 Å². The highest BCUT2D eigenvalue weighted by atomic mass is 16.5. The summed E-state index contributed by atoms with van der Waals surface area (Å²) in [5.74, 6) is 0.184. The van der Waals surface area contributed by atoms with Gasteiger partial charge in [-0.2, -0.15) is 0 Å². The Labute approximate surface area is 147 Å². The van der Waals surface area contributed by atoms with E-state index >= 15 is 0 Å². The Bertz CT molecular complexity index is 750. The molecule has 0 spiro atoms. The van der Waals surface area contributed by atoms with E-state index in [0.717, 1.165) is 31.2 Å². The molecule has 0 saturated heterocycles. The molecule has 1 aromatic carbocycles. The molecule has 0 bridgehead atoms. The van der Waals surface area contributed by atoms with Crippen LogP contribution in [0.25, 0.3) is 0 Å². The summed E-state index contributed by atoms with van der Waals surface area (Å²) in [4.78, 5) is 28.4. The predicted molar refractivity (Wildman–Crippen MR) is 95.6 cm³/mol. The zero-order valence-corrected chi connectivity index (χ0v) is 14.3. The molecule has 0 aliphatic heterocycles. The number of benzene rings is 1. The van der Waals surface area contributed by atoms with Crippen molar-refractivity contribution < 1.29 is 14.3 Å². The molecule has 25 heavy (non-hydrogen) atoms. The highest BCUT2D eigenvalue weighted by molar-refractivity contribution is 5.93. The van der Waals surface area contributed by atoms with Gasteiger partial charge >= 0.3 is 5.97 Å². The van der Waals surface area contributed by atoms with Gasteiger partial charge in [-0.3, -0.25) is 9.78 Å². The molecule has 2 aromatic rings. The Morgan fingerprint density at radius 1 is 1.08 bits per heavy atom. The second kappa shape index (κ2) is 7.92. The maximum atomic E-state index is 12.2. The van der Waals surface area contributed by atoms with Crippen LogP contribution < -0.4 is 10.1 Å². The number of hydrogen-bond donors (Lipinski definition) is 1. The highest BCUT2D eigenvalue weighted by Crippen LogP contribution is 2.25. The zero-order chi connectivity index (χ0) is 17.6. The number of anilines is 1. The lowest BCUT2D eigenvalue weighted by Gasteiger charge is -2.20. The summed E-state index contributed by atoms with van der Waals surface area (Å²) in [5.41, 5.74) is 1.97.